The van der Waals surface area contributed by atoms with Crippen LogP contribution in [0, 0.1) is 0 Å². The van der Waals surface area contributed by atoms with Crippen molar-refractivity contribution in [2.75, 3.05) is 39.3 Å². The van der Waals surface area contributed by atoms with Gasteiger partial charge >= 0.3 is 5.97 Å². The second kappa shape index (κ2) is 10.5. The third-order valence-electron chi connectivity index (χ3n) is 3.22. The van der Waals surface area contributed by atoms with E-state index in [0.29, 0.717) is 24.0 Å². The molecule has 2 aromatic rings. The number of nitrogens with zero attached hydrogens (tertiary/aromatic N) is 3. The number of hydrogen-bond acceptors (Lipinski definition) is 8. The van der Waals surface area contributed by atoms with Gasteiger partial charge in [-0.15, -0.1) is 11.3 Å². The smallest absolute Gasteiger partial charge is 0.311 e. The molecule has 1 aromatic heterocycles. The number of rotatable bonds is 10. The average Bonchev–Trinajstić information content (AvgIpc) is 3.02. The third kappa shape index (κ3) is 7.20. The van der Waals surface area contributed by atoms with Gasteiger partial charge in [0, 0.05) is 11.9 Å². The van der Waals surface area contributed by atoms with Crippen molar-refractivity contribution < 1.29 is 14.3 Å². The fourth-order valence-corrected chi connectivity index (χ4v) is 2.65. The molecular weight excluding hydrogens is 352 g/mol. The zero-order valence-corrected chi connectivity index (χ0v) is 16.1. The van der Waals surface area contributed by atoms with E-state index in [1.54, 1.807) is 13.1 Å². The Kier molecular flexibility index (Phi) is 8.04. The van der Waals surface area contributed by atoms with Crippen molar-refractivity contribution in [3.05, 3.63) is 40.9 Å². The molecule has 0 spiro atoms. The van der Waals surface area contributed by atoms with E-state index in [4.69, 9.17) is 9.47 Å². The molecule has 7 nitrogen and oxygen atoms in total. The number of carbonyl (C=O) groups is 1. The van der Waals surface area contributed by atoms with Crippen molar-refractivity contribution in [1.82, 2.24) is 9.88 Å². The van der Waals surface area contributed by atoms with Crippen LogP contribution in [-0.4, -0.2) is 55.9 Å². The van der Waals surface area contributed by atoms with Gasteiger partial charge < -0.3 is 14.4 Å². The minimum absolute atomic E-state index is 0.169. The van der Waals surface area contributed by atoms with Crippen molar-refractivity contribution in [1.29, 1.82) is 0 Å². The van der Waals surface area contributed by atoms with Gasteiger partial charge in [0.15, 0.2) is 0 Å². The molecule has 1 aromatic carbocycles. The van der Waals surface area contributed by atoms with Crippen LogP contribution in [0.3, 0.4) is 0 Å². The predicted molar refractivity (Wildman–Crippen MR) is 104 cm³/mol. The van der Waals surface area contributed by atoms with Crippen molar-refractivity contribution in [3.8, 4) is 5.75 Å². The first-order valence-electron chi connectivity index (χ1n) is 8.33. The second-order valence-corrected chi connectivity index (χ2v) is 6.58. The predicted octanol–water partition coefficient (Wildman–Crippen LogP) is 2.64. The first-order valence-corrected chi connectivity index (χ1v) is 9.21. The van der Waals surface area contributed by atoms with Gasteiger partial charge in [0.2, 0.25) is 5.13 Å². The highest BCUT2D eigenvalue weighted by atomic mass is 32.1. The minimum Gasteiger partial charge on any atom is -0.492 e. The largest absolute Gasteiger partial charge is 0.492 e. The topological polar surface area (TPSA) is 76.1 Å². The lowest BCUT2D eigenvalue weighted by Gasteiger charge is -2.11. The summed E-state index contributed by atoms with van der Waals surface area (Å²) >= 11 is 1.39. The monoisotopic (exact) mass is 376 g/mol. The van der Waals surface area contributed by atoms with Crippen molar-refractivity contribution in [3.63, 3.8) is 0 Å². The van der Waals surface area contributed by atoms with Crippen LogP contribution in [0.4, 0.5) is 5.13 Å². The van der Waals surface area contributed by atoms with E-state index in [0.717, 1.165) is 17.9 Å². The number of thiazole rings is 1. The van der Waals surface area contributed by atoms with Crippen LogP contribution in [0.2, 0.25) is 0 Å². The number of ether oxygens (including phenoxy) is 2. The van der Waals surface area contributed by atoms with E-state index in [-0.39, 0.29) is 12.4 Å². The first kappa shape index (κ1) is 19.9. The van der Waals surface area contributed by atoms with Gasteiger partial charge in [-0.05, 0) is 38.7 Å². The van der Waals surface area contributed by atoms with Crippen molar-refractivity contribution in [2.45, 2.75) is 13.3 Å². The maximum absolute atomic E-state index is 11.4. The van der Waals surface area contributed by atoms with E-state index >= 15 is 0 Å². The Bertz CT molecular complexity index is 731. The van der Waals surface area contributed by atoms with E-state index in [2.05, 4.69) is 20.4 Å². The summed E-state index contributed by atoms with van der Waals surface area (Å²) in [4.78, 5) is 17.8. The maximum atomic E-state index is 11.4. The van der Waals surface area contributed by atoms with E-state index < -0.39 is 0 Å². The number of likely N-dealkylation sites (N-methyl/N-ethyl adjacent to an activating group) is 1. The molecule has 0 aliphatic heterocycles. The number of hydrogen-bond donors (Lipinski definition) is 1. The number of benzene rings is 1. The number of aromatic nitrogens is 1. The van der Waals surface area contributed by atoms with Gasteiger partial charge in [0.05, 0.1) is 24.9 Å². The van der Waals surface area contributed by atoms with E-state index in [1.165, 1.54) is 11.3 Å². The minimum atomic E-state index is -0.279. The number of anilines is 1. The first-order chi connectivity index (χ1) is 12.6. The Morgan fingerprint density at radius 2 is 2.27 bits per heavy atom. The van der Waals surface area contributed by atoms with E-state index in [9.17, 15) is 4.79 Å². The summed E-state index contributed by atoms with van der Waals surface area (Å²) in [5, 5.41) is 6.62. The zero-order valence-electron chi connectivity index (χ0n) is 15.3. The molecule has 0 saturated heterocycles. The van der Waals surface area contributed by atoms with Crippen LogP contribution in [0.1, 0.15) is 18.2 Å². The summed E-state index contributed by atoms with van der Waals surface area (Å²) in [6, 6.07) is 7.71. The summed E-state index contributed by atoms with van der Waals surface area (Å²) in [5.74, 6) is 0.528. The highest BCUT2D eigenvalue weighted by Crippen LogP contribution is 2.16. The fraction of sp³-hybridized carbons (Fsp3) is 0.389. The Balaban J connectivity index is 1.84. The quantitative estimate of drug-likeness (QED) is 0.390. The van der Waals surface area contributed by atoms with Gasteiger partial charge in [0.1, 0.15) is 12.4 Å². The van der Waals surface area contributed by atoms with Crippen molar-refractivity contribution in [2.24, 2.45) is 5.10 Å². The van der Waals surface area contributed by atoms with E-state index in [1.807, 2.05) is 43.7 Å². The highest BCUT2D eigenvalue weighted by molar-refractivity contribution is 7.13. The Morgan fingerprint density at radius 3 is 3.04 bits per heavy atom. The second-order valence-electron chi connectivity index (χ2n) is 5.72. The molecule has 0 unspecified atom stereocenters. The van der Waals surface area contributed by atoms with Crippen LogP contribution in [0.25, 0.3) is 0 Å². The van der Waals surface area contributed by atoms with Crippen LogP contribution in [-0.2, 0) is 16.0 Å². The molecule has 0 radical (unpaired) electrons. The van der Waals surface area contributed by atoms with Gasteiger partial charge in [0.25, 0.3) is 0 Å². The van der Waals surface area contributed by atoms with Crippen LogP contribution >= 0.6 is 11.3 Å². The summed E-state index contributed by atoms with van der Waals surface area (Å²) in [5.41, 5.74) is 4.46. The number of esters is 1. The molecule has 0 atom stereocenters. The van der Waals surface area contributed by atoms with Crippen LogP contribution < -0.4 is 10.2 Å². The van der Waals surface area contributed by atoms with Crippen LogP contribution in [0.5, 0.6) is 5.75 Å². The number of nitrogens with one attached hydrogen (secondary N) is 1. The molecule has 0 aliphatic rings. The lowest BCUT2D eigenvalue weighted by molar-refractivity contribution is -0.142. The van der Waals surface area contributed by atoms with Crippen molar-refractivity contribution >= 4 is 28.7 Å². The fourth-order valence-electron chi connectivity index (χ4n) is 1.99. The normalized spacial score (nSPS) is 11.1. The molecule has 26 heavy (non-hydrogen) atoms. The number of carbonyl (C=O) groups excluding carboxylic acids is 1. The number of hydrazone groups is 1. The molecule has 0 fully saturated rings. The molecule has 0 amide bonds. The summed E-state index contributed by atoms with van der Waals surface area (Å²) in [6.07, 6.45) is 1.87. The third-order valence-corrected chi connectivity index (χ3v) is 4.02. The van der Waals surface area contributed by atoms with Crippen LogP contribution in [0.15, 0.2) is 34.7 Å². The van der Waals surface area contributed by atoms with Gasteiger partial charge in [-0.2, -0.15) is 5.10 Å². The molecule has 2 rings (SSSR count). The van der Waals surface area contributed by atoms with Gasteiger partial charge in [-0.25, -0.2) is 4.98 Å². The summed E-state index contributed by atoms with van der Waals surface area (Å²) in [7, 11) is 4.02. The Labute approximate surface area is 157 Å². The SMILES string of the molecule is CCOC(=O)Cc1csc(NN=Cc2cccc(OCCN(C)C)c2)n1. The zero-order chi connectivity index (χ0) is 18.8. The lowest BCUT2D eigenvalue weighted by Crippen LogP contribution is -2.19. The Hall–Kier alpha value is -2.45. The lowest BCUT2D eigenvalue weighted by atomic mass is 10.2. The molecule has 1 heterocycles. The molecule has 1 N–H and O–H groups in total. The molecular formula is C18H24N4O3S. The average molecular weight is 376 g/mol. The molecule has 0 bridgehead atoms. The summed E-state index contributed by atoms with van der Waals surface area (Å²) < 4.78 is 10.6. The molecule has 0 saturated carbocycles. The molecule has 140 valence electrons. The van der Waals surface area contributed by atoms with Gasteiger partial charge in [-0.3, -0.25) is 10.2 Å². The standard InChI is InChI=1S/C18H24N4O3S/c1-4-24-17(23)11-15-13-26-18(20-15)21-19-12-14-6-5-7-16(10-14)25-9-8-22(2)3/h5-7,10,12-13H,4,8-9,11H2,1-3H3,(H,20,21). The van der Waals surface area contributed by atoms with Gasteiger partial charge in [-0.1, -0.05) is 12.1 Å². The molecule has 0 aliphatic carbocycles. The highest BCUT2D eigenvalue weighted by Gasteiger charge is 2.07. The molecule has 8 heteroatoms. The summed E-state index contributed by atoms with van der Waals surface area (Å²) in [6.45, 7) is 3.64. The maximum Gasteiger partial charge on any atom is 0.311 e. The Morgan fingerprint density at radius 1 is 1.42 bits per heavy atom.